The van der Waals surface area contributed by atoms with Crippen molar-refractivity contribution in [3.63, 3.8) is 0 Å². The molecule has 1 aromatic heterocycles. The van der Waals surface area contributed by atoms with Crippen molar-refractivity contribution >= 4 is 16.7 Å². The van der Waals surface area contributed by atoms with Crippen molar-refractivity contribution in [1.29, 1.82) is 0 Å². The normalized spacial score (nSPS) is 22.0. The number of imidazole rings is 1. The number of benzene rings is 2. The first-order valence-corrected chi connectivity index (χ1v) is 9.95. The molecule has 0 bridgehead atoms. The van der Waals surface area contributed by atoms with E-state index >= 15 is 0 Å². The van der Waals surface area contributed by atoms with Crippen LogP contribution >= 0.6 is 0 Å². The highest BCUT2D eigenvalue weighted by Crippen LogP contribution is 2.31. The van der Waals surface area contributed by atoms with Crippen LogP contribution in [0.5, 0.6) is 0 Å². The Bertz CT molecular complexity index is 914. The minimum absolute atomic E-state index is 0.211. The molecule has 0 saturated carbocycles. The molecule has 1 unspecified atom stereocenters. The number of H-pyrrole nitrogens is 1. The Morgan fingerprint density at radius 3 is 2.59 bits per heavy atom. The number of hydrogen-bond acceptors (Lipinski definition) is 3. The van der Waals surface area contributed by atoms with E-state index in [1.54, 1.807) is 6.07 Å². The lowest BCUT2D eigenvalue weighted by Crippen LogP contribution is -2.42. The minimum Gasteiger partial charge on any atom is -0.370 e. The quantitative estimate of drug-likeness (QED) is 0.758. The van der Waals surface area contributed by atoms with Crippen molar-refractivity contribution in [3.05, 3.63) is 60.2 Å². The van der Waals surface area contributed by atoms with Gasteiger partial charge >= 0.3 is 0 Å². The van der Waals surface area contributed by atoms with Crippen molar-refractivity contribution in [1.82, 2.24) is 14.9 Å². The van der Waals surface area contributed by atoms with Gasteiger partial charge in [-0.25, -0.2) is 9.37 Å². The highest BCUT2D eigenvalue weighted by Gasteiger charge is 2.31. The molecule has 2 aliphatic heterocycles. The van der Waals surface area contributed by atoms with E-state index in [9.17, 15) is 4.39 Å². The highest BCUT2D eigenvalue weighted by molar-refractivity contribution is 5.75. The second-order valence-corrected chi connectivity index (χ2v) is 7.82. The molecule has 27 heavy (non-hydrogen) atoms. The molecule has 0 aliphatic carbocycles. The molecule has 0 radical (unpaired) electrons. The minimum atomic E-state index is -0.211. The predicted octanol–water partition coefficient (Wildman–Crippen LogP) is 4.16. The predicted molar refractivity (Wildman–Crippen MR) is 107 cm³/mol. The lowest BCUT2D eigenvalue weighted by Gasteiger charge is -2.35. The highest BCUT2D eigenvalue weighted by atomic mass is 19.1. The first kappa shape index (κ1) is 16.8. The first-order valence-electron chi connectivity index (χ1n) is 9.95. The lowest BCUT2D eigenvalue weighted by molar-refractivity contribution is 0.161. The van der Waals surface area contributed by atoms with Crippen molar-refractivity contribution in [2.75, 3.05) is 31.1 Å². The van der Waals surface area contributed by atoms with Gasteiger partial charge in [0.05, 0.1) is 11.0 Å². The smallest absolute Gasteiger partial charge is 0.125 e. The van der Waals surface area contributed by atoms with E-state index in [-0.39, 0.29) is 5.82 Å². The molecule has 4 nitrogen and oxygen atoms in total. The third kappa shape index (κ3) is 3.32. The molecule has 0 amide bonds. The fourth-order valence-corrected chi connectivity index (χ4v) is 4.65. The summed E-state index contributed by atoms with van der Waals surface area (Å²) in [5, 5.41) is 0. The third-order valence-electron chi connectivity index (χ3n) is 6.18. The van der Waals surface area contributed by atoms with E-state index in [4.69, 9.17) is 4.98 Å². The van der Waals surface area contributed by atoms with Gasteiger partial charge in [0, 0.05) is 30.7 Å². The van der Waals surface area contributed by atoms with Gasteiger partial charge in [-0.3, -0.25) is 4.90 Å². The summed E-state index contributed by atoms with van der Waals surface area (Å²) >= 11 is 0. The maximum absolute atomic E-state index is 13.4. The average Bonchev–Trinajstić information content (AvgIpc) is 3.36. The lowest BCUT2D eigenvalue weighted by atomic mass is 9.95. The van der Waals surface area contributed by atoms with E-state index in [1.807, 2.05) is 0 Å². The Morgan fingerprint density at radius 2 is 1.78 bits per heavy atom. The number of para-hydroxylation sites is 1. The van der Waals surface area contributed by atoms with Crippen LogP contribution < -0.4 is 4.90 Å². The van der Waals surface area contributed by atoms with Crippen LogP contribution in [0.1, 0.15) is 31.0 Å². The van der Waals surface area contributed by atoms with Crippen molar-refractivity contribution in [3.8, 4) is 0 Å². The molecule has 140 valence electrons. The number of rotatable bonds is 3. The maximum Gasteiger partial charge on any atom is 0.125 e. The number of nitrogens with zero attached hydrogens (tertiary/aromatic N) is 3. The van der Waals surface area contributed by atoms with Gasteiger partial charge in [0.1, 0.15) is 11.6 Å². The van der Waals surface area contributed by atoms with E-state index in [2.05, 4.69) is 45.1 Å². The number of aromatic nitrogens is 2. The summed E-state index contributed by atoms with van der Waals surface area (Å²) in [7, 11) is 0. The van der Waals surface area contributed by atoms with Crippen LogP contribution in [0.25, 0.3) is 11.0 Å². The van der Waals surface area contributed by atoms with Gasteiger partial charge in [0.2, 0.25) is 0 Å². The van der Waals surface area contributed by atoms with Crippen LogP contribution in [0.4, 0.5) is 10.1 Å². The Kier molecular flexibility index (Phi) is 4.32. The average molecular weight is 364 g/mol. The standard InChI is InChI=1S/C22H25FN4/c23-17-6-7-20-21(14-17)25-22(24-20)16-8-11-26(12-9-16)19-10-13-27(15-19)18-4-2-1-3-5-18/h1-7,14,16,19H,8-13,15H2,(H,24,25). The molecule has 2 saturated heterocycles. The number of piperidine rings is 1. The SMILES string of the molecule is Fc1ccc2nc(C3CCN(C4CCN(c5ccccc5)C4)CC3)[nH]c2c1. The van der Waals surface area contributed by atoms with Crippen LogP contribution in [0, 0.1) is 5.82 Å². The Morgan fingerprint density at radius 1 is 0.963 bits per heavy atom. The Labute approximate surface area is 159 Å². The van der Waals surface area contributed by atoms with E-state index in [1.165, 1.54) is 24.2 Å². The molecule has 0 spiro atoms. The molecule has 3 heterocycles. The number of hydrogen-bond donors (Lipinski definition) is 1. The van der Waals surface area contributed by atoms with Crippen molar-refractivity contribution < 1.29 is 4.39 Å². The van der Waals surface area contributed by atoms with Gasteiger partial charge in [-0.15, -0.1) is 0 Å². The summed E-state index contributed by atoms with van der Waals surface area (Å²) < 4.78 is 13.4. The van der Waals surface area contributed by atoms with Crippen molar-refractivity contribution in [2.45, 2.75) is 31.2 Å². The summed E-state index contributed by atoms with van der Waals surface area (Å²) in [6.45, 7) is 4.50. The zero-order valence-corrected chi connectivity index (χ0v) is 15.4. The zero-order valence-electron chi connectivity index (χ0n) is 15.4. The number of likely N-dealkylation sites (tertiary alicyclic amines) is 1. The van der Waals surface area contributed by atoms with E-state index < -0.39 is 0 Å². The van der Waals surface area contributed by atoms with Crippen LogP contribution in [0.3, 0.4) is 0 Å². The summed E-state index contributed by atoms with van der Waals surface area (Å²) in [5.74, 6) is 1.26. The fraction of sp³-hybridized carbons (Fsp3) is 0.409. The number of halogens is 1. The van der Waals surface area contributed by atoms with Gasteiger partial charge < -0.3 is 9.88 Å². The van der Waals surface area contributed by atoms with Crippen LogP contribution in [-0.4, -0.2) is 47.1 Å². The molecule has 5 rings (SSSR count). The van der Waals surface area contributed by atoms with Gasteiger partial charge in [-0.05, 0) is 62.7 Å². The van der Waals surface area contributed by atoms with Crippen LogP contribution in [0.15, 0.2) is 48.5 Å². The van der Waals surface area contributed by atoms with E-state index in [0.717, 1.165) is 55.9 Å². The number of fused-ring (bicyclic) bond motifs is 1. The number of anilines is 1. The van der Waals surface area contributed by atoms with Gasteiger partial charge in [0.25, 0.3) is 0 Å². The van der Waals surface area contributed by atoms with E-state index in [0.29, 0.717) is 12.0 Å². The number of nitrogens with one attached hydrogen (secondary N) is 1. The molecule has 1 N–H and O–H groups in total. The summed E-state index contributed by atoms with van der Waals surface area (Å²) in [6.07, 6.45) is 3.47. The monoisotopic (exact) mass is 364 g/mol. The molecular formula is C22H25FN4. The molecule has 3 aromatic rings. The second kappa shape index (κ2) is 6.97. The third-order valence-corrected chi connectivity index (χ3v) is 6.18. The summed E-state index contributed by atoms with van der Waals surface area (Å²) in [6, 6.07) is 16.2. The molecule has 2 fully saturated rings. The second-order valence-electron chi connectivity index (χ2n) is 7.82. The van der Waals surface area contributed by atoms with Gasteiger partial charge in [0.15, 0.2) is 0 Å². The molecule has 5 heteroatoms. The Balaban J connectivity index is 1.21. The molecule has 2 aromatic carbocycles. The topological polar surface area (TPSA) is 35.2 Å². The Hall–Kier alpha value is -2.40. The zero-order chi connectivity index (χ0) is 18.2. The molecule has 2 aliphatic rings. The van der Waals surface area contributed by atoms with Gasteiger partial charge in [-0.2, -0.15) is 0 Å². The largest absolute Gasteiger partial charge is 0.370 e. The van der Waals surface area contributed by atoms with Gasteiger partial charge in [-0.1, -0.05) is 18.2 Å². The molecular weight excluding hydrogens is 339 g/mol. The van der Waals surface area contributed by atoms with Crippen molar-refractivity contribution in [2.24, 2.45) is 0 Å². The van der Waals surface area contributed by atoms with Crippen LogP contribution in [-0.2, 0) is 0 Å². The maximum atomic E-state index is 13.4. The van der Waals surface area contributed by atoms with Crippen LogP contribution in [0.2, 0.25) is 0 Å². The number of aromatic amines is 1. The summed E-state index contributed by atoms with van der Waals surface area (Å²) in [4.78, 5) is 13.2. The fourth-order valence-electron chi connectivity index (χ4n) is 4.65. The summed E-state index contributed by atoms with van der Waals surface area (Å²) in [5.41, 5.74) is 3.01. The first-order chi connectivity index (χ1) is 13.3. The molecule has 1 atom stereocenters.